The molecule has 18 heavy (non-hydrogen) atoms. The Kier molecular flexibility index (Phi) is 3.43. The van der Waals surface area contributed by atoms with Gasteiger partial charge in [0.05, 0.1) is 12.7 Å². The maximum absolute atomic E-state index is 10.9. The van der Waals surface area contributed by atoms with Crippen molar-refractivity contribution in [2.75, 3.05) is 7.11 Å². The molecule has 92 valence electrons. The number of carbonyl (C=O) groups excluding carboxylic acids is 1. The van der Waals surface area contributed by atoms with Gasteiger partial charge in [-0.15, -0.1) is 0 Å². The summed E-state index contributed by atoms with van der Waals surface area (Å²) in [5.74, 6) is 1.01. The zero-order valence-corrected chi connectivity index (χ0v) is 9.79. The molecular weight excluding hydrogens is 232 g/mol. The van der Waals surface area contributed by atoms with E-state index in [2.05, 4.69) is 4.98 Å². The molecule has 0 saturated carbocycles. The molecule has 2 rings (SSSR count). The summed E-state index contributed by atoms with van der Waals surface area (Å²) in [4.78, 5) is 14.9. The largest absolute Gasteiger partial charge is 0.493 e. The van der Waals surface area contributed by atoms with Gasteiger partial charge in [0, 0.05) is 12.3 Å². The van der Waals surface area contributed by atoms with Crippen molar-refractivity contribution in [2.45, 2.75) is 0 Å². The Hall–Kier alpha value is -2.56. The van der Waals surface area contributed by atoms with Crippen LogP contribution in [0, 0.1) is 0 Å². The number of nitrogens with two attached hydrogens (primary N) is 1. The normalized spacial score (nSPS) is 9.83. The standard InChI is InChI=1S/C13H12N2O3/c1-17-10-4-2-3-5-11(10)18-12-7-6-9(8-15-12)13(14)16/h2-8H,1H3,(H2,14,16). The van der Waals surface area contributed by atoms with Crippen LogP contribution in [0.5, 0.6) is 17.4 Å². The summed E-state index contributed by atoms with van der Waals surface area (Å²) < 4.78 is 10.7. The average molecular weight is 244 g/mol. The molecule has 0 radical (unpaired) electrons. The highest BCUT2D eigenvalue weighted by atomic mass is 16.5. The van der Waals surface area contributed by atoms with Crippen molar-refractivity contribution in [3.8, 4) is 17.4 Å². The Labute approximate surface area is 104 Å². The summed E-state index contributed by atoms with van der Waals surface area (Å²) in [6.07, 6.45) is 1.37. The molecule has 2 N–H and O–H groups in total. The maximum Gasteiger partial charge on any atom is 0.250 e. The minimum atomic E-state index is -0.522. The summed E-state index contributed by atoms with van der Waals surface area (Å²) in [7, 11) is 1.56. The molecular formula is C13H12N2O3. The molecule has 0 unspecified atom stereocenters. The molecule has 0 aliphatic carbocycles. The predicted octanol–water partition coefficient (Wildman–Crippen LogP) is 1.98. The van der Waals surface area contributed by atoms with Gasteiger partial charge in [-0.25, -0.2) is 4.98 Å². The molecule has 0 spiro atoms. The lowest BCUT2D eigenvalue weighted by molar-refractivity contribution is 0.1000. The molecule has 0 fully saturated rings. The van der Waals surface area contributed by atoms with Crippen LogP contribution in [0.3, 0.4) is 0 Å². The van der Waals surface area contributed by atoms with Crippen LogP contribution < -0.4 is 15.2 Å². The molecule has 1 amide bonds. The summed E-state index contributed by atoms with van der Waals surface area (Å²) in [6.45, 7) is 0. The first-order chi connectivity index (χ1) is 8.70. The van der Waals surface area contributed by atoms with E-state index in [4.69, 9.17) is 15.2 Å². The topological polar surface area (TPSA) is 74.4 Å². The molecule has 0 aliphatic heterocycles. The molecule has 5 heteroatoms. The number of para-hydroxylation sites is 2. The molecule has 1 heterocycles. The minimum absolute atomic E-state index is 0.336. The monoisotopic (exact) mass is 244 g/mol. The minimum Gasteiger partial charge on any atom is -0.493 e. The number of rotatable bonds is 4. The first kappa shape index (κ1) is 11.9. The molecule has 5 nitrogen and oxygen atoms in total. The number of benzene rings is 1. The van der Waals surface area contributed by atoms with Crippen LogP contribution in [0.25, 0.3) is 0 Å². The summed E-state index contributed by atoms with van der Waals surface area (Å²) in [5, 5.41) is 0. The van der Waals surface area contributed by atoms with E-state index >= 15 is 0 Å². The van der Waals surface area contributed by atoms with Crippen molar-refractivity contribution in [1.29, 1.82) is 0 Å². The fourth-order valence-corrected chi connectivity index (χ4v) is 1.40. The summed E-state index contributed by atoms with van der Waals surface area (Å²) in [5.41, 5.74) is 5.46. The molecule has 0 saturated heterocycles. The number of carbonyl (C=O) groups is 1. The van der Waals surface area contributed by atoms with Gasteiger partial charge in [0.2, 0.25) is 11.8 Å². The van der Waals surface area contributed by atoms with Gasteiger partial charge in [-0.2, -0.15) is 0 Å². The zero-order valence-electron chi connectivity index (χ0n) is 9.79. The van der Waals surface area contributed by atoms with Crippen molar-refractivity contribution in [1.82, 2.24) is 4.98 Å². The lowest BCUT2D eigenvalue weighted by atomic mass is 10.3. The van der Waals surface area contributed by atoms with Crippen LogP contribution >= 0.6 is 0 Å². The van der Waals surface area contributed by atoms with E-state index in [-0.39, 0.29) is 0 Å². The van der Waals surface area contributed by atoms with Gasteiger partial charge in [-0.05, 0) is 18.2 Å². The fourth-order valence-electron chi connectivity index (χ4n) is 1.40. The smallest absolute Gasteiger partial charge is 0.250 e. The molecule has 1 aromatic heterocycles. The van der Waals surface area contributed by atoms with Crippen LogP contribution in [-0.2, 0) is 0 Å². The summed E-state index contributed by atoms with van der Waals surface area (Å²) in [6, 6.07) is 10.4. The van der Waals surface area contributed by atoms with E-state index in [0.717, 1.165) is 0 Å². The van der Waals surface area contributed by atoms with E-state index in [1.165, 1.54) is 6.20 Å². The van der Waals surface area contributed by atoms with Crippen LogP contribution in [0.15, 0.2) is 42.6 Å². The second-order valence-corrected chi connectivity index (χ2v) is 3.50. The van der Waals surface area contributed by atoms with E-state index < -0.39 is 5.91 Å². The Morgan fingerprint density at radius 2 is 1.89 bits per heavy atom. The highest BCUT2D eigenvalue weighted by Crippen LogP contribution is 2.29. The number of pyridine rings is 1. The Bertz CT molecular complexity index is 552. The van der Waals surface area contributed by atoms with E-state index in [1.54, 1.807) is 31.4 Å². The Morgan fingerprint density at radius 3 is 2.44 bits per heavy atom. The second kappa shape index (κ2) is 5.18. The first-order valence-electron chi connectivity index (χ1n) is 5.27. The van der Waals surface area contributed by atoms with E-state index in [9.17, 15) is 4.79 Å². The van der Waals surface area contributed by atoms with Crippen molar-refractivity contribution in [3.05, 3.63) is 48.2 Å². The molecule has 0 atom stereocenters. The molecule has 2 aromatic rings. The third kappa shape index (κ3) is 2.57. The quantitative estimate of drug-likeness (QED) is 0.892. The lowest BCUT2D eigenvalue weighted by Gasteiger charge is -2.08. The van der Waals surface area contributed by atoms with Crippen molar-refractivity contribution < 1.29 is 14.3 Å². The third-order valence-corrected chi connectivity index (χ3v) is 2.30. The SMILES string of the molecule is COc1ccccc1Oc1ccc(C(N)=O)cn1. The predicted molar refractivity (Wildman–Crippen MR) is 65.8 cm³/mol. The van der Waals surface area contributed by atoms with Gasteiger partial charge in [0.15, 0.2) is 11.5 Å². The fraction of sp³-hybridized carbons (Fsp3) is 0.0769. The molecule has 1 aromatic carbocycles. The van der Waals surface area contributed by atoms with E-state index in [1.807, 2.05) is 12.1 Å². The van der Waals surface area contributed by atoms with Gasteiger partial charge in [0.1, 0.15) is 0 Å². The Morgan fingerprint density at radius 1 is 1.17 bits per heavy atom. The van der Waals surface area contributed by atoms with Crippen molar-refractivity contribution >= 4 is 5.91 Å². The number of primary amides is 1. The van der Waals surface area contributed by atoms with Crippen LogP contribution in [0.4, 0.5) is 0 Å². The number of hydrogen-bond donors (Lipinski definition) is 1. The highest BCUT2D eigenvalue weighted by Gasteiger charge is 2.06. The summed E-state index contributed by atoms with van der Waals surface area (Å²) >= 11 is 0. The van der Waals surface area contributed by atoms with Gasteiger partial charge in [0.25, 0.3) is 0 Å². The number of methoxy groups -OCH3 is 1. The lowest BCUT2D eigenvalue weighted by Crippen LogP contribution is -2.10. The van der Waals surface area contributed by atoms with Gasteiger partial charge < -0.3 is 15.2 Å². The van der Waals surface area contributed by atoms with Crippen molar-refractivity contribution in [3.63, 3.8) is 0 Å². The highest BCUT2D eigenvalue weighted by molar-refractivity contribution is 5.92. The van der Waals surface area contributed by atoms with Gasteiger partial charge in [-0.1, -0.05) is 12.1 Å². The van der Waals surface area contributed by atoms with Gasteiger partial charge >= 0.3 is 0 Å². The first-order valence-corrected chi connectivity index (χ1v) is 5.27. The zero-order chi connectivity index (χ0) is 13.0. The number of ether oxygens (including phenoxy) is 2. The van der Waals surface area contributed by atoms with Crippen LogP contribution in [-0.4, -0.2) is 18.0 Å². The van der Waals surface area contributed by atoms with Crippen molar-refractivity contribution in [2.24, 2.45) is 5.73 Å². The number of amides is 1. The molecule has 0 bridgehead atoms. The Balaban J connectivity index is 2.21. The third-order valence-electron chi connectivity index (χ3n) is 2.30. The number of hydrogen-bond acceptors (Lipinski definition) is 4. The van der Waals surface area contributed by atoms with Crippen LogP contribution in [0.1, 0.15) is 10.4 Å². The molecule has 0 aliphatic rings. The second-order valence-electron chi connectivity index (χ2n) is 3.50. The van der Waals surface area contributed by atoms with Crippen LogP contribution in [0.2, 0.25) is 0 Å². The average Bonchev–Trinajstić information content (AvgIpc) is 2.40. The maximum atomic E-state index is 10.9. The number of aromatic nitrogens is 1. The van der Waals surface area contributed by atoms with E-state index in [0.29, 0.717) is 22.9 Å². The van der Waals surface area contributed by atoms with Gasteiger partial charge in [-0.3, -0.25) is 4.79 Å². The number of nitrogens with zero attached hydrogens (tertiary/aromatic N) is 1.